The standard InChI is InChI=1S/C13H29NO/c1-12(2)7-10-15-9-6-5-8-14-11-13(3)4/h12-14H,5-11H2,1-4H3. The van der Waals surface area contributed by atoms with Gasteiger partial charge in [-0.15, -0.1) is 0 Å². The molecule has 0 unspecified atom stereocenters. The lowest BCUT2D eigenvalue weighted by Gasteiger charge is -2.08. The first-order chi connectivity index (χ1) is 7.13. The molecule has 0 fully saturated rings. The van der Waals surface area contributed by atoms with Crippen molar-refractivity contribution in [1.29, 1.82) is 0 Å². The fraction of sp³-hybridized carbons (Fsp3) is 1.00. The molecule has 0 rings (SSSR count). The number of ether oxygens (including phenoxy) is 1. The van der Waals surface area contributed by atoms with Crippen molar-refractivity contribution in [2.45, 2.75) is 47.0 Å². The molecule has 2 heteroatoms. The van der Waals surface area contributed by atoms with Crippen LogP contribution in [0, 0.1) is 11.8 Å². The Kier molecular flexibility index (Phi) is 10.4. The Morgan fingerprint density at radius 3 is 2.27 bits per heavy atom. The van der Waals surface area contributed by atoms with E-state index in [0.29, 0.717) is 0 Å². The van der Waals surface area contributed by atoms with Crippen LogP contribution in [0.25, 0.3) is 0 Å². The van der Waals surface area contributed by atoms with E-state index in [1.165, 1.54) is 19.3 Å². The monoisotopic (exact) mass is 215 g/mol. The van der Waals surface area contributed by atoms with E-state index in [-0.39, 0.29) is 0 Å². The lowest BCUT2D eigenvalue weighted by atomic mass is 10.1. The molecule has 15 heavy (non-hydrogen) atoms. The minimum atomic E-state index is 0.757. The van der Waals surface area contributed by atoms with Gasteiger partial charge < -0.3 is 10.1 Å². The molecule has 0 aromatic heterocycles. The zero-order valence-corrected chi connectivity index (χ0v) is 11.0. The molecule has 0 heterocycles. The van der Waals surface area contributed by atoms with Crippen molar-refractivity contribution in [3.63, 3.8) is 0 Å². The van der Waals surface area contributed by atoms with Gasteiger partial charge in [0, 0.05) is 13.2 Å². The van der Waals surface area contributed by atoms with Crippen LogP contribution in [0.3, 0.4) is 0 Å². The Morgan fingerprint density at radius 2 is 1.67 bits per heavy atom. The summed E-state index contributed by atoms with van der Waals surface area (Å²) in [5.74, 6) is 1.52. The molecule has 0 spiro atoms. The normalized spacial score (nSPS) is 11.6. The third-order valence-electron chi connectivity index (χ3n) is 2.28. The molecule has 0 aliphatic heterocycles. The van der Waals surface area contributed by atoms with Crippen molar-refractivity contribution in [1.82, 2.24) is 5.32 Å². The van der Waals surface area contributed by atoms with E-state index in [1.807, 2.05) is 0 Å². The molecule has 2 nitrogen and oxygen atoms in total. The largest absolute Gasteiger partial charge is 0.381 e. The predicted octanol–water partition coefficient (Wildman–Crippen LogP) is 3.07. The molecule has 0 saturated heterocycles. The van der Waals surface area contributed by atoms with Gasteiger partial charge in [0.1, 0.15) is 0 Å². The molecule has 0 aromatic carbocycles. The number of hydrogen-bond donors (Lipinski definition) is 1. The minimum Gasteiger partial charge on any atom is -0.381 e. The van der Waals surface area contributed by atoms with Gasteiger partial charge in [0.05, 0.1) is 0 Å². The average Bonchev–Trinajstić information content (AvgIpc) is 2.14. The van der Waals surface area contributed by atoms with E-state index in [4.69, 9.17) is 4.74 Å². The van der Waals surface area contributed by atoms with Crippen LogP contribution in [-0.2, 0) is 4.74 Å². The first-order valence-corrected chi connectivity index (χ1v) is 6.41. The van der Waals surface area contributed by atoms with Gasteiger partial charge in [0.15, 0.2) is 0 Å². The fourth-order valence-corrected chi connectivity index (χ4v) is 1.27. The Hall–Kier alpha value is -0.0800. The van der Waals surface area contributed by atoms with Crippen molar-refractivity contribution >= 4 is 0 Å². The first kappa shape index (κ1) is 14.9. The molecular weight excluding hydrogens is 186 g/mol. The second-order valence-corrected chi connectivity index (χ2v) is 5.10. The summed E-state index contributed by atoms with van der Waals surface area (Å²) in [5, 5.41) is 3.44. The summed E-state index contributed by atoms with van der Waals surface area (Å²) in [6.07, 6.45) is 3.60. The average molecular weight is 215 g/mol. The van der Waals surface area contributed by atoms with Crippen LogP contribution in [0.1, 0.15) is 47.0 Å². The number of nitrogens with one attached hydrogen (secondary N) is 1. The summed E-state index contributed by atoms with van der Waals surface area (Å²) in [6.45, 7) is 13.1. The summed E-state index contributed by atoms with van der Waals surface area (Å²) in [6, 6.07) is 0. The van der Waals surface area contributed by atoms with Gasteiger partial charge in [0.2, 0.25) is 0 Å². The zero-order valence-electron chi connectivity index (χ0n) is 11.0. The van der Waals surface area contributed by atoms with Gasteiger partial charge in [0.25, 0.3) is 0 Å². The highest BCUT2D eigenvalue weighted by atomic mass is 16.5. The van der Waals surface area contributed by atoms with Crippen molar-refractivity contribution in [3.05, 3.63) is 0 Å². The van der Waals surface area contributed by atoms with Crippen LogP contribution in [0.4, 0.5) is 0 Å². The molecule has 0 amide bonds. The molecule has 0 aliphatic carbocycles. The van der Waals surface area contributed by atoms with E-state index in [2.05, 4.69) is 33.0 Å². The highest BCUT2D eigenvalue weighted by Crippen LogP contribution is 1.99. The molecule has 1 N–H and O–H groups in total. The van der Waals surface area contributed by atoms with E-state index >= 15 is 0 Å². The summed E-state index contributed by atoms with van der Waals surface area (Å²) < 4.78 is 5.54. The van der Waals surface area contributed by atoms with Crippen LogP contribution in [0.2, 0.25) is 0 Å². The van der Waals surface area contributed by atoms with Crippen molar-refractivity contribution in [3.8, 4) is 0 Å². The van der Waals surface area contributed by atoms with Gasteiger partial charge in [-0.2, -0.15) is 0 Å². The number of hydrogen-bond acceptors (Lipinski definition) is 2. The molecule has 0 bridgehead atoms. The predicted molar refractivity (Wildman–Crippen MR) is 67.2 cm³/mol. The second-order valence-electron chi connectivity index (χ2n) is 5.10. The smallest absolute Gasteiger partial charge is 0.0468 e. The van der Waals surface area contributed by atoms with Crippen LogP contribution >= 0.6 is 0 Å². The van der Waals surface area contributed by atoms with Crippen LogP contribution in [0.15, 0.2) is 0 Å². The third kappa shape index (κ3) is 13.9. The molecule has 0 radical (unpaired) electrons. The number of unbranched alkanes of at least 4 members (excludes halogenated alkanes) is 1. The van der Waals surface area contributed by atoms with E-state index in [9.17, 15) is 0 Å². The SMILES string of the molecule is CC(C)CCOCCCCNCC(C)C. The molecular formula is C13H29NO. The fourth-order valence-electron chi connectivity index (χ4n) is 1.27. The Morgan fingerprint density at radius 1 is 0.933 bits per heavy atom. The van der Waals surface area contributed by atoms with Gasteiger partial charge in [-0.1, -0.05) is 27.7 Å². The van der Waals surface area contributed by atoms with Crippen molar-refractivity contribution in [2.24, 2.45) is 11.8 Å². The Balaban J connectivity index is 2.93. The van der Waals surface area contributed by atoms with Gasteiger partial charge >= 0.3 is 0 Å². The maximum absolute atomic E-state index is 5.54. The highest BCUT2D eigenvalue weighted by Gasteiger charge is 1.95. The van der Waals surface area contributed by atoms with Crippen LogP contribution in [-0.4, -0.2) is 26.3 Å². The number of rotatable bonds is 10. The summed E-state index contributed by atoms with van der Waals surface area (Å²) in [5.41, 5.74) is 0. The maximum Gasteiger partial charge on any atom is 0.0468 e. The van der Waals surface area contributed by atoms with Crippen molar-refractivity contribution in [2.75, 3.05) is 26.3 Å². The Labute approximate surface area is 95.8 Å². The lowest BCUT2D eigenvalue weighted by molar-refractivity contribution is 0.120. The van der Waals surface area contributed by atoms with E-state index in [0.717, 1.165) is 38.1 Å². The van der Waals surface area contributed by atoms with Gasteiger partial charge in [-0.25, -0.2) is 0 Å². The molecule has 0 saturated carbocycles. The van der Waals surface area contributed by atoms with E-state index < -0.39 is 0 Å². The highest BCUT2D eigenvalue weighted by molar-refractivity contribution is 4.51. The molecule has 0 aliphatic rings. The zero-order chi connectivity index (χ0) is 11.5. The van der Waals surface area contributed by atoms with Crippen LogP contribution in [0.5, 0.6) is 0 Å². The third-order valence-corrected chi connectivity index (χ3v) is 2.28. The quantitative estimate of drug-likeness (QED) is 0.565. The van der Waals surface area contributed by atoms with Gasteiger partial charge in [-0.3, -0.25) is 0 Å². The second kappa shape index (κ2) is 10.4. The maximum atomic E-state index is 5.54. The molecule has 0 atom stereocenters. The van der Waals surface area contributed by atoms with Crippen LogP contribution < -0.4 is 5.32 Å². The first-order valence-electron chi connectivity index (χ1n) is 6.41. The lowest BCUT2D eigenvalue weighted by Crippen LogP contribution is -2.20. The minimum absolute atomic E-state index is 0.757. The summed E-state index contributed by atoms with van der Waals surface area (Å²) >= 11 is 0. The Bertz CT molecular complexity index is 110. The summed E-state index contributed by atoms with van der Waals surface area (Å²) in [7, 11) is 0. The molecule has 0 aromatic rings. The van der Waals surface area contributed by atoms with Gasteiger partial charge in [-0.05, 0) is 44.2 Å². The summed E-state index contributed by atoms with van der Waals surface area (Å²) in [4.78, 5) is 0. The van der Waals surface area contributed by atoms with Crippen molar-refractivity contribution < 1.29 is 4.74 Å². The molecule has 92 valence electrons. The van der Waals surface area contributed by atoms with E-state index in [1.54, 1.807) is 0 Å². The topological polar surface area (TPSA) is 21.3 Å².